The minimum Gasteiger partial charge on any atom is -0.370 e. The summed E-state index contributed by atoms with van der Waals surface area (Å²) in [6.45, 7) is 1.48. The van der Waals surface area contributed by atoms with E-state index in [1.165, 1.54) is 25.3 Å². The molecule has 31 heavy (non-hydrogen) atoms. The molecule has 0 radical (unpaired) electrons. The summed E-state index contributed by atoms with van der Waals surface area (Å²) < 4.78 is 28.8. The molecule has 1 saturated carbocycles. The number of aliphatic imine (C=N–C) groups is 1. The topological polar surface area (TPSA) is 170 Å². The van der Waals surface area contributed by atoms with E-state index in [-0.39, 0.29) is 24.6 Å². The molecule has 0 bridgehead atoms. The van der Waals surface area contributed by atoms with Crippen molar-refractivity contribution in [3.63, 3.8) is 0 Å². The lowest BCUT2D eigenvalue weighted by Gasteiger charge is -2.29. The molecule has 1 aromatic heterocycles. The second-order valence-electron chi connectivity index (χ2n) is 7.49. The van der Waals surface area contributed by atoms with Crippen molar-refractivity contribution in [2.75, 3.05) is 16.3 Å². The quantitative estimate of drug-likeness (QED) is 0.194. The van der Waals surface area contributed by atoms with Crippen LogP contribution in [0.5, 0.6) is 0 Å². The molecule has 0 aromatic carbocycles. The van der Waals surface area contributed by atoms with E-state index in [1.807, 2.05) is 0 Å². The third-order valence-corrected chi connectivity index (χ3v) is 7.00. The second-order valence-corrected chi connectivity index (χ2v) is 9.46. The lowest BCUT2D eigenvalue weighted by molar-refractivity contribution is -0.121. The molecule has 0 unspecified atom stereocenters. The Balaban J connectivity index is 2.28. The molecule has 1 atom stereocenters. The number of nitrogens with zero attached hydrogens (tertiary/aromatic N) is 3. The number of guanidine groups is 1. The van der Waals surface area contributed by atoms with Crippen LogP contribution in [0.3, 0.4) is 0 Å². The third-order valence-electron chi connectivity index (χ3n) is 5.15. The van der Waals surface area contributed by atoms with Crippen molar-refractivity contribution in [1.29, 1.82) is 0 Å². The highest BCUT2D eigenvalue weighted by Gasteiger charge is 2.29. The average Bonchev–Trinajstić information content (AvgIpc) is 2.72. The van der Waals surface area contributed by atoms with Gasteiger partial charge < -0.3 is 16.3 Å². The van der Waals surface area contributed by atoms with Gasteiger partial charge in [-0.15, -0.1) is 0 Å². The Hall–Kier alpha value is -2.89. The smallest absolute Gasteiger partial charge is 0.293 e. The minimum atomic E-state index is -3.75. The third kappa shape index (κ3) is 6.54. The zero-order valence-corrected chi connectivity index (χ0v) is 18.4. The normalized spacial score (nSPS) is 15.6. The van der Waals surface area contributed by atoms with E-state index >= 15 is 0 Å². The number of anilines is 1. The molecule has 0 aliphatic heterocycles. The number of carbonyl (C=O) groups excluding carboxylic acids is 2. The van der Waals surface area contributed by atoms with Crippen molar-refractivity contribution in [3.05, 3.63) is 28.7 Å². The van der Waals surface area contributed by atoms with Crippen LogP contribution in [0.4, 0.5) is 5.69 Å². The van der Waals surface area contributed by atoms with E-state index in [1.54, 1.807) is 0 Å². The lowest BCUT2D eigenvalue weighted by atomic mass is 10.0. The first-order valence-corrected chi connectivity index (χ1v) is 11.8. The van der Waals surface area contributed by atoms with Crippen LogP contribution in [-0.4, -0.2) is 49.1 Å². The molecule has 1 heterocycles. The van der Waals surface area contributed by atoms with Crippen LogP contribution < -0.4 is 26.8 Å². The van der Waals surface area contributed by atoms with E-state index in [0.29, 0.717) is 25.5 Å². The van der Waals surface area contributed by atoms with E-state index in [2.05, 4.69) is 9.71 Å². The van der Waals surface area contributed by atoms with Gasteiger partial charge in [-0.2, -0.15) is 0 Å². The Labute approximate surface area is 181 Å². The van der Waals surface area contributed by atoms with Crippen molar-refractivity contribution >= 4 is 33.9 Å². The Morgan fingerprint density at radius 3 is 2.61 bits per heavy atom. The highest BCUT2D eigenvalue weighted by Crippen LogP contribution is 2.24. The standard InChI is InChI=1S/C19H30N6O5S/c1-14(27)25(15(13-26)7-5-11-22-19(20)21)24-12-6-10-17(18(24)28)23-31(29,30)16-8-3-2-4-9-16/h6,10,12-13,15-16,23H,2-5,7-9,11H2,1H3,(H4,20,21,22)/t15-/m0/s1. The number of carbonyl (C=O) groups is 2. The van der Waals surface area contributed by atoms with Crippen LogP contribution in [0.1, 0.15) is 51.9 Å². The van der Waals surface area contributed by atoms with Gasteiger partial charge in [-0.25, -0.2) is 18.1 Å². The number of nitrogens with one attached hydrogen (secondary N) is 1. The fourth-order valence-corrected chi connectivity index (χ4v) is 5.23. The lowest BCUT2D eigenvalue weighted by Crippen LogP contribution is -2.52. The second kappa shape index (κ2) is 10.9. The van der Waals surface area contributed by atoms with Gasteiger partial charge >= 0.3 is 0 Å². The molecule has 0 spiro atoms. The summed E-state index contributed by atoms with van der Waals surface area (Å²) in [5.74, 6) is -0.631. The minimum absolute atomic E-state index is 0.0831. The van der Waals surface area contributed by atoms with Crippen LogP contribution in [0.25, 0.3) is 0 Å². The van der Waals surface area contributed by atoms with E-state index in [4.69, 9.17) is 11.5 Å². The molecule has 12 heteroatoms. The fourth-order valence-electron chi connectivity index (χ4n) is 3.64. The number of rotatable bonds is 10. The van der Waals surface area contributed by atoms with Crippen LogP contribution in [-0.2, 0) is 19.6 Å². The number of amides is 1. The fraction of sp³-hybridized carbons (Fsp3) is 0.579. The molecule has 1 aliphatic rings. The van der Waals surface area contributed by atoms with Crippen LogP contribution >= 0.6 is 0 Å². The maximum Gasteiger partial charge on any atom is 0.293 e. The molecule has 2 rings (SSSR count). The van der Waals surface area contributed by atoms with Crippen molar-refractivity contribution in [2.45, 2.75) is 63.2 Å². The summed E-state index contributed by atoms with van der Waals surface area (Å²) in [5, 5.41) is 0.444. The largest absolute Gasteiger partial charge is 0.370 e. The van der Waals surface area contributed by atoms with Crippen molar-refractivity contribution in [2.24, 2.45) is 16.5 Å². The maximum atomic E-state index is 13.0. The van der Waals surface area contributed by atoms with Gasteiger partial charge in [-0.05, 0) is 37.8 Å². The molecular formula is C19H30N6O5S. The van der Waals surface area contributed by atoms with Gasteiger partial charge in [0, 0.05) is 19.7 Å². The van der Waals surface area contributed by atoms with E-state index < -0.39 is 32.8 Å². The van der Waals surface area contributed by atoms with Gasteiger partial charge in [0.15, 0.2) is 5.96 Å². The number of aldehydes is 1. The van der Waals surface area contributed by atoms with Crippen molar-refractivity contribution in [1.82, 2.24) is 4.68 Å². The number of nitrogens with two attached hydrogens (primary N) is 2. The molecule has 0 saturated heterocycles. The first-order valence-electron chi connectivity index (χ1n) is 10.2. The molecule has 11 nitrogen and oxygen atoms in total. The molecule has 172 valence electrons. The average molecular weight is 455 g/mol. The molecule has 5 N–H and O–H groups in total. The van der Waals surface area contributed by atoms with Gasteiger partial charge in [0.1, 0.15) is 18.0 Å². The van der Waals surface area contributed by atoms with E-state index in [0.717, 1.165) is 28.9 Å². The van der Waals surface area contributed by atoms with Gasteiger partial charge in [-0.1, -0.05) is 19.3 Å². The zero-order valence-electron chi connectivity index (χ0n) is 17.6. The number of hydrogen-bond acceptors (Lipinski definition) is 6. The number of hydrogen-bond donors (Lipinski definition) is 3. The summed E-state index contributed by atoms with van der Waals surface area (Å²) in [6, 6.07) is 1.83. The van der Waals surface area contributed by atoms with Gasteiger partial charge in [0.05, 0.1) is 5.25 Å². The zero-order chi connectivity index (χ0) is 23.0. The predicted octanol–water partition coefficient (Wildman–Crippen LogP) is 0.0283. The molecular weight excluding hydrogens is 424 g/mol. The van der Waals surface area contributed by atoms with Gasteiger partial charge in [-0.3, -0.25) is 19.3 Å². The predicted molar refractivity (Wildman–Crippen MR) is 119 cm³/mol. The highest BCUT2D eigenvalue weighted by molar-refractivity contribution is 7.93. The first kappa shape index (κ1) is 24.4. The highest BCUT2D eigenvalue weighted by atomic mass is 32.2. The molecule has 1 amide bonds. The Bertz CT molecular complexity index is 964. The SMILES string of the molecule is CC(=O)N([C@H](C=O)CCCN=C(N)N)n1cccc(NS(=O)(=O)C2CCCCC2)c1=O. The van der Waals surface area contributed by atoms with Gasteiger partial charge in [0.25, 0.3) is 5.56 Å². The number of aromatic nitrogens is 1. The summed E-state index contributed by atoms with van der Waals surface area (Å²) in [4.78, 5) is 40.8. The Morgan fingerprint density at radius 2 is 2.03 bits per heavy atom. The van der Waals surface area contributed by atoms with E-state index in [9.17, 15) is 22.8 Å². The summed E-state index contributed by atoms with van der Waals surface area (Å²) in [6.07, 6.45) is 6.20. The molecule has 1 fully saturated rings. The first-order chi connectivity index (χ1) is 14.7. The Morgan fingerprint density at radius 1 is 1.35 bits per heavy atom. The van der Waals surface area contributed by atoms with Crippen LogP contribution in [0.15, 0.2) is 28.1 Å². The van der Waals surface area contributed by atoms with Crippen molar-refractivity contribution in [3.8, 4) is 0 Å². The summed E-state index contributed by atoms with van der Waals surface area (Å²) in [5.41, 5.74) is 9.63. The Kier molecular flexibility index (Phi) is 8.60. The van der Waals surface area contributed by atoms with Crippen molar-refractivity contribution < 1.29 is 18.0 Å². The van der Waals surface area contributed by atoms with Gasteiger partial charge in [0.2, 0.25) is 15.9 Å². The van der Waals surface area contributed by atoms with Crippen LogP contribution in [0.2, 0.25) is 0 Å². The number of pyridine rings is 1. The number of sulfonamides is 1. The summed E-state index contributed by atoms with van der Waals surface area (Å²) >= 11 is 0. The van der Waals surface area contributed by atoms with Crippen LogP contribution in [0, 0.1) is 0 Å². The summed E-state index contributed by atoms with van der Waals surface area (Å²) in [7, 11) is -3.75. The molecule has 1 aromatic rings. The molecule has 1 aliphatic carbocycles. The monoisotopic (exact) mass is 454 g/mol. The maximum absolute atomic E-state index is 13.0.